The molecule has 0 radical (unpaired) electrons. The predicted octanol–water partition coefficient (Wildman–Crippen LogP) is 4.41. The lowest BCUT2D eigenvalue weighted by molar-refractivity contribution is 0.502. The van der Waals surface area contributed by atoms with E-state index in [0.29, 0.717) is 6.42 Å². The zero-order chi connectivity index (χ0) is 15.2. The fraction of sp³-hybridized carbons (Fsp3) is 0.625. The van der Waals surface area contributed by atoms with Crippen LogP contribution in [0.1, 0.15) is 39.7 Å². The van der Waals surface area contributed by atoms with Gasteiger partial charge < -0.3 is 5.32 Å². The lowest BCUT2D eigenvalue weighted by atomic mass is 10.1. The Morgan fingerprint density at radius 1 is 1.20 bits per heavy atom. The number of benzene rings is 1. The highest BCUT2D eigenvalue weighted by Crippen LogP contribution is 2.25. The van der Waals surface area contributed by atoms with Crippen LogP contribution in [0.2, 0.25) is 0 Å². The molecule has 0 fully saturated rings. The fourth-order valence-corrected chi connectivity index (χ4v) is 2.80. The summed E-state index contributed by atoms with van der Waals surface area (Å²) in [6, 6.07) is 4.15. The smallest absolute Gasteiger partial charge is 0.129 e. The molecule has 1 aromatic rings. The molecule has 0 aliphatic rings. The third-order valence-electron chi connectivity index (χ3n) is 2.91. The van der Waals surface area contributed by atoms with Crippen molar-refractivity contribution in [2.24, 2.45) is 0 Å². The highest BCUT2D eigenvalue weighted by Gasteiger charge is 2.18. The molecule has 0 bridgehead atoms. The van der Waals surface area contributed by atoms with E-state index in [1.165, 1.54) is 18.2 Å². The zero-order valence-corrected chi connectivity index (χ0v) is 13.6. The first-order chi connectivity index (χ1) is 9.33. The van der Waals surface area contributed by atoms with Gasteiger partial charge in [-0.1, -0.05) is 33.8 Å². The van der Waals surface area contributed by atoms with Crippen LogP contribution in [0.3, 0.4) is 0 Å². The van der Waals surface area contributed by atoms with Crippen molar-refractivity contribution >= 4 is 11.8 Å². The summed E-state index contributed by atoms with van der Waals surface area (Å²) in [4.78, 5) is 0. The molecule has 0 saturated carbocycles. The number of hydrogen-bond acceptors (Lipinski definition) is 2. The summed E-state index contributed by atoms with van der Waals surface area (Å²) in [6.45, 7) is 9.41. The van der Waals surface area contributed by atoms with Crippen molar-refractivity contribution in [3.63, 3.8) is 0 Å². The summed E-state index contributed by atoms with van der Waals surface area (Å²) in [7, 11) is 0. The van der Waals surface area contributed by atoms with Gasteiger partial charge in [0.05, 0.1) is 0 Å². The summed E-state index contributed by atoms with van der Waals surface area (Å²) in [5, 5.41) is 3.39. The second-order valence-corrected chi connectivity index (χ2v) is 7.83. The van der Waals surface area contributed by atoms with Gasteiger partial charge in [0.2, 0.25) is 0 Å². The van der Waals surface area contributed by atoms with Crippen molar-refractivity contribution in [2.75, 3.05) is 12.3 Å². The monoisotopic (exact) mass is 301 g/mol. The van der Waals surface area contributed by atoms with E-state index in [0.717, 1.165) is 18.7 Å². The Morgan fingerprint density at radius 3 is 2.30 bits per heavy atom. The van der Waals surface area contributed by atoms with Crippen molar-refractivity contribution in [3.05, 3.63) is 35.4 Å². The van der Waals surface area contributed by atoms with E-state index in [-0.39, 0.29) is 16.4 Å². The third-order valence-corrected chi connectivity index (χ3v) is 4.35. The van der Waals surface area contributed by atoms with Crippen LogP contribution in [0.4, 0.5) is 8.78 Å². The molecule has 1 aromatic carbocycles. The minimum Gasteiger partial charge on any atom is -0.313 e. The Morgan fingerprint density at radius 2 is 1.80 bits per heavy atom. The normalized spacial score (nSPS) is 13.5. The number of halogens is 2. The highest BCUT2D eigenvalue weighted by molar-refractivity contribution is 8.00. The van der Waals surface area contributed by atoms with Gasteiger partial charge in [0.15, 0.2) is 0 Å². The fourth-order valence-electron chi connectivity index (χ4n) is 1.86. The topological polar surface area (TPSA) is 12.0 Å². The van der Waals surface area contributed by atoms with Gasteiger partial charge in [-0.25, -0.2) is 8.78 Å². The highest BCUT2D eigenvalue weighted by atomic mass is 32.2. The first-order valence-electron chi connectivity index (χ1n) is 7.13. The summed E-state index contributed by atoms with van der Waals surface area (Å²) in [5.74, 6) is -0.0554. The molecule has 1 N–H and O–H groups in total. The van der Waals surface area contributed by atoms with Crippen molar-refractivity contribution < 1.29 is 8.78 Å². The molecule has 0 saturated heterocycles. The second-order valence-electron chi connectivity index (χ2n) is 5.98. The molecule has 4 heteroatoms. The first kappa shape index (κ1) is 17.4. The molecule has 1 unspecified atom stereocenters. The summed E-state index contributed by atoms with van der Waals surface area (Å²) >= 11 is 1.82. The number of nitrogens with one attached hydrogen (secondary N) is 1. The molecule has 0 amide bonds. The summed E-state index contributed by atoms with van der Waals surface area (Å²) in [5.41, 5.74) is 0.190. The van der Waals surface area contributed by atoms with Crippen LogP contribution in [0, 0.1) is 11.6 Å². The molecule has 0 aliphatic heterocycles. The molecule has 114 valence electrons. The van der Waals surface area contributed by atoms with Gasteiger partial charge in [-0.05, 0) is 31.5 Å². The number of hydrogen-bond donors (Lipinski definition) is 1. The third kappa shape index (κ3) is 6.23. The maximum Gasteiger partial charge on any atom is 0.129 e. The lowest BCUT2D eigenvalue weighted by Gasteiger charge is -2.24. The van der Waals surface area contributed by atoms with Crippen LogP contribution < -0.4 is 5.32 Å². The van der Waals surface area contributed by atoms with Gasteiger partial charge in [-0.2, -0.15) is 11.8 Å². The lowest BCUT2D eigenvalue weighted by Crippen LogP contribution is -2.35. The Balaban J connectivity index is 2.73. The van der Waals surface area contributed by atoms with Crippen LogP contribution in [-0.2, 0) is 6.42 Å². The molecule has 0 spiro atoms. The van der Waals surface area contributed by atoms with Crippen molar-refractivity contribution in [3.8, 4) is 0 Å². The molecule has 1 atom stereocenters. The summed E-state index contributed by atoms with van der Waals surface area (Å²) in [6.07, 6.45) is 1.40. The molecule has 1 nitrogen and oxygen atoms in total. The maximum atomic E-state index is 13.7. The van der Waals surface area contributed by atoms with Gasteiger partial charge in [0.25, 0.3) is 0 Å². The second kappa shape index (κ2) is 7.99. The van der Waals surface area contributed by atoms with Crippen LogP contribution in [-0.4, -0.2) is 23.1 Å². The van der Waals surface area contributed by atoms with E-state index in [4.69, 9.17) is 0 Å². The Kier molecular flexibility index (Phi) is 6.96. The van der Waals surface area contributed by atoms with Crippen molar-refractivity contribution in [2.45, 2.75) is 51.3 Å². The summed E-state index contributed by atoms with van der Waals surface area (Å²) < 4.78 is 27.6. The number of rotatable bonds is 7. The minimum absolute atomic E-state index is 0.0885. The quantitative estimate of drug-likeness (QED) is 0.801. The number of thioether (sulfide) groups is 1. The van der Waals surface area contributed by atoms with E-state index < -0.39 is 11.6 Å². The molecule has 20 heavy (non-hydrogen) atoms. The average molecular weight is 301 g/mol. The van der Waals surface area contributed by atoms with E-state index in [1.54, 1.807) is 0 Å². The van der Waals surface area contributed by atoms with Crippen LogP contribution >= 0.6 is 11.8 Å². The average Bonchev–Trinajstić information content (AvgIpc) is 2.35. The molecule has 0 aromatic heterocycles. The Labute approximate surface area is 125 Å². The molecular weight excluding hydrogens is 276 g/mol. The standard InChI is InChI=1S/C16H25F2NS/c1-5-9-19-12(11-20-16(2,3)4)10-13-14(17)7-6-8-15(13)18/h6-8,12,19H,5,9-11H2,1-4H3. The van der Waals surface area contributed by atoms with Gasteiger partial charge in [0, 0.05) is 22.1 Å². The van der Waals surface area contributed by atoms with Gasteiger partial charge >= 0.3 is 0 Å². The Hall–Kier alpha value is -0.610. The predicted molar refractivity (Wildman–Crippen MR) is 84.4 cm³/mol. The van der Waals surface area contributed by atoms with E-state index in [9.17, 15) is 8.78 Å². The van der Waals surface area contributed by atoms with E-state index in [1.807, 2.05) is 11.8 Å². The Bertz CT molecular complexity index is 395. The molecule has 1 rings (SSSR count). The van der Waals surface area contributed by atoms with Crippen molar-refractivity contribution in [1.29, 1.82) is 0 Å². The SMILES string of the molecule is CCCNC(CSC(C)(C)C)Cc1c(F)cccc1F. The van der Waals surface area contributed by atoms with Gasteiger partial charge in [0.1, 0.15) is 11.6 Å². The van der Waals surface area contributed by atoms with E-state index in [2.05, 4.69) is 33.0 Å². The molecular formula is C16H25F2NS. The van der Waals surface area contributed by atoms with Gasteiger partial charge in [-0.15, -0.1) is 0 Å². The largest absolute Gasteiger partial charge is 0.313 e. The van der Waals surface area contributed by atoms with Crippen LogP contribution in [0.5, 0.6) is 0 Å². The van der Waals surface area contributed by atoms with E-state index >= 15 is 0 Å². The van der Waals surface area contributed by atoms with Crippen LogP contribution in [0.25, 0.3) is 0 Å². The molecule has 0 heterocycles. The van der Waals surface area contributed by atoms with Crippen molar-refractivity contribution in [1.82, 2.24) is 5.32 Å². The van der Waals surface area contributed by atoms with Gasteiger partial charge in [-0.3, -0.25) is 0 Å². The first-order valence-corrected chi connectivity index (χ1v) is 8.12. The maximum absolute atomic E-state index is 13.7. The zero-order valence-electron chi connectivity index (χ0n) is 12.8. The molecule has 0 aliphatic carbocycles. The minimum atomic E-state index is -0.450. The van der Waals surface area contributed by atoms with Crippen LogP contribution in [0.15, 0.2) is 18.2 Å².